The fourth-order valence-corrected chi connectivity index (χ4v) is 3.89. The second-order valence-corrected chi connectivity index (χ2v) is 8.06. The lowest BCUT2D eigenvalue weighted by Crippen LogP contribution is -2.23. The van der Waals surface area contributed by atoms with E-state index in [-0.39, 0.29) is 5.91 Å². The van der Waals surface area contributed by atoms with Crippen LogP contribution in [0.5, 0.6) is 0 Å². The van der Waals surface area contributed by atoms with E-state index in [9.17, 15) is 4.79 Å². The minimum atomic E-state index is 0.165. The first-order chi connectivity index (χ1) is 13.7. The molecule has 0 saturated carbocycles. The first kappa shape index (κ1) is 20.6. The van der Waals surface area contributed by atoms with Crippen molar-refractivity contribution >= 4 is 32.9 Å². The predicted molar refractivity (Wildman–Crippen MR) is 118 cm³/mol. The quantitative estimate of drug-likeness (QED) is 0.423. The highest BCUT2D eigenvalue weighted by molar-refractivity contribution is 9.10. The Balaban J connectivity index is 1.62. The van der Waals surface area contributed by atoms with Gasteiger partial charge in [-0.15, -0.1) is 0 Å². The number of aromatic nitrogens is 2. The summed E-state index contributed by atoms with van der Waals surface area (Å²) in [6, 6.07) is 16.8. The topological polar surface area (TPSA) is 46.9 Å². The van der Waals surface area contributed by atoms with Crippen LogP contribution in [-0.4, -0.2) is 22.0 Å². The maximum absolute atomic E-state index is 11.5. The average molecular weight is 442 g/mol. The number of benzene rings is 2. The lowest BCUT2D eigenvalue weighted by molar-refractivity contribution is -0.121. The van der Waals surface area contributed by atoms with Gasteiger partial charge in [0.1, 0.15) is 5.82 Å². The minimum Gasteiger partial charge on any atom is -0.356 e. The Labute approximate surface area is 175 Å². The van der Waals surface area contributed by atoms with Crippen molar-refractivity contribution in [3.8, 4) is 0 Å². The van der Waals surface area contributed by atoms with E-state index < -0.39 is 0 Å². The van der Waals surface area contributed by atoms with Gasteiger partial charge in [-0.1, -0.05) is 53.5 Å². The molecule has 0 aliphatic heterocycles. The number of para-hydroxylation sites is 2. The molecule has 5 heteroatoms. The summed E-state index contributed by atoms with van der Waals surface area (Å²) in [5.74, 6) is 1.30. The van der Waals surface area contributed by atoms with Gasteiger partial charge < -0.3 is 9.88 Å². The van der Waals surface area contributed by atoms with Crippen molar-refractivity contribution in [2.45, 2.75) is 52.0 Å². The molecule has 0 radical (unpaired) electrons. The maximum Gasteiger partial charge on any atom is 0.219 e. The molecule has 0 aliphatic carbocycles. The number of hydrogen-bond acceptors (Lipinski definition) is 2. The minimum absolute atomic E-state index is 0.165. The van der Waals surface area contributed by atoms with E-state index in [0.29, 0.717) is 6.42 Å². The monoisotopic (exact) mass is 441 g/mol. The maximum atomic E-state index is 11.5. The second-order valence-electron chi connectivity index (χ2n) is 7.14. The zero-order valence-electron chi connectivity index (χ0n) is 16.5. The van der Waals surface area contributed by atoms with Gasteiger partial charge in [0.2, 0.25) is 5.91 Å². The average Bonchev–Trinajstić information content (AvgIpc) is 3.02. The first-order valence-corrected chi connectivity index (χ1v) is 10.9. The Morgan fingerprint density at radius 3 is 2.79 bits per heavy atom. The normalized spacial score (nSPS) is 11.1. The molecule has 2 aromatic carbocycles. The third-order valence-electron chi connectivity index (χ3n) is 4.84. The highest BCUT2D eigenvalue weighted by Gasteiger charge is 2.11. The molecule has 0 atom stereocenters. The van der Waals surface area contributed by atoms with Crippen LogP contribution >= 0.6 is 15.9 Å². The van der Waals surface area contributed by atoms with Gasteiger partial charge in [-0.25, -0.2) is 4.98 Å². The molecular formula is C23H28BrN3O. The Bertz CT molecular complexity index is 919. The summed E-state index contributed by atoms with van der Waals surface area (Å²) < 4.78 is 3.43. The van der Waals surface area contributed by atoms with Gasteiger partial charge in [-0.2, -0.15) is 0 Å². The van der Waals surface area contributed by atoms with E-state index in [4.69, 9.17) is 4.98 Å². The molecular weight excluding hydrogens is 414 g/mol. The molecule has 0 saturated heterocycles. The standard InChI is InChI=1S/C23H28BrN3O/c1-2-9-23(28)25-15-7-3-4-14-22-26-20-12-5-6-13-21(20)27(22)17-18-10-8-11-19(24)16-18/h5-6,8,10-13,16H,2-4,7,9,14-15,17H2,1H3,(H,25,28). The smallest absolute Gasteiger partial charge is 0.219 e. The van der Waals surface area contributed by atoms with Crippen molar-refractivity contribution in [2.24, 2.45) is 0 Å². The van der Waals surface area contributed by atoms with E-state index in [1.54, 1.807) is 0 Å². The summed E-state index contributed by atoms with van der Waals surface area (Å²) in [4.78, 5) is 16.4. The van der Waals surface area contributed by atoms with Gasteiger partial charge in [0.25, 0.3) is 0 Å². The van der Waals surface area contributed by atoms with E-state index in [1.807, 2.05) is 13.0 Å². The summed E-state index contributed by atoms with van der Waals surface area (Å²) in [6.45, 7) is 3.62. The van der Waals surface area contributed by atoms with Gasteiger partial charge in [-0.3, -0.25) is 4.79 Å². The highest BCUT2D eigenvalue weighted by atomic mass is 79.9. The zero-order chi connectivity index (χ0) is 19.8. The van der Waals surface area contributed by atoms with Crippen molar-refractivity contribution < 1.29 is 4.79 Å². The second kappa shape index (κ2) is 10.4. The lowest BCUT2D eigenvalue weighted by atomic mass is 10.1. The number of imidazole rings is 1. The summed E-state index contributed by atoms with van der Waals surface area (Å²) in [5, 5.41) is 2.99. The van der Waals surface area contributed by atoms with Gasteiger partial charge in [0.15, 0.2) is 0 Å². The number of carbonyl (C=O) groups is 1. The predicted octanol–water partition coefficient (Wildman–Crippen LogP) is 5.48. The molecule has 1 aromatic heterocycles. The van der Waals surface area contributed by atoms with Crippen LogP contribution in [-0.2, 0) is 17.8 Å². The summed E-state index contributed by atoms with van der Waals surface area (Å²) in [5.41, 5.74) is 3.50. The molecule has 4 nitrogen and oxygen atoms in total. The molecule has 3 rings (SSSR count). The van der Waals surface area contributed by atoms with E-state index in [2.05, 4.69) is 68.3 Å². The third-order valence-corrected chi connectivity index (χ3v) is 5.33. The molecule has 0 bridgehead atoms. The van der Waals surface area contributed by atoms with Crippen LogP contribution in [0.15, 0.2) is 53.0 Å². The first-order valence-electron chi connectivity index (χ1n) is 10.1. The Morgan fingerprint density at radius 2 is 1.96 bits per heavy atom. The molecule has 0 spiro atoms. The molecule has 3 aromatic rings. The largest absolute Gasteiger partial charge is 0.356 e. The molecule has 1 N–H and O–H groups in total. The molecule has 28 heavy (non-hydrogen) atoms. The van der Waals surface area contributed by atoms with Crippen LogP contribution < -0.4 is 5.32 Å². The summed E-state index contributed by atoms with van der Waals surface area (Å²) >= 11 is 3.57. The molecule has 0 unspecified atom stereocenters. The van der Waals surface area contributed by atoms with Gasteiger partial charge in [0, 0.05) is 30.4 Å². The molecule has 0 fully saturated rings. The number of nitrogens with zero attached hydrogens (tertiary/aromatic N) is 2. The fourth-order valence-electron chi connectivity index (χ4n) is 3.44. The van der Waals surface area contributed by atoms with E-state index in [1.165, 1.54) is 11.1 Å². The van der Waals surface area contributed by atoms with Gasteiger partial charge in [-0.05, 0) is 49.1 Å². The number of amides is 1. The van der Waals surface area contributed by atoms with Crippen LogP contribution in [0.4, 0.5) is 0 Å². The van der Waals surface area contributed by atoms with Crippen LogP contribution in [0.25, 0.3) is 11.0 Å². The summed E-state index contributed by atoms with van der Waals surface area (Å²) in [6.07, 6.45) is 5.66. The Morgan fingerprint density at radius 1 is 1.11 bits per heavy atom. The van der Waals surface area contributed by atoms with Crippen molar-refractivity contribution in [3.05, 3.63) is 64.4 Å². The van der Waals surface area contributed by atoms with E-state index >= 15 is 0 Å². The molecule has 0 aliphatic rings. The number of hydrogen-bond donors (Lipinski definition) is 1. The summed E-state index contributed by atoms with van der Waals surface area (Å²) in [7, 11) is 0. The molecule has 1 heterocycles. The van der Waals surface area contributed by atoms with Crippen molar-refractivity contribution in [1.82, 2.24) is 14.9 Å². The number of nitrogens with one attached hydrogen (secondary N) is 1. The van der Waals surface area contributed by atoms with E-state index in [0.717, 1.165) is 61.0 Å². The van der Waals surface area contributed by atoms with Crippen LogP contribution in [0.1, 0.15) is 50.4 Å². The molecule has 1 amide bonds. The van der Waals surface area contributed by atoms with Gasteiger partial charge >= 0.3 is 0 Å². The zero-order valence-corrected chi connectivity index (χ0v) is 18.0. The number of rotatable bonds is 10. The van der Waals surface area contributed by atoms with Crippen molar-refractivity contribution in [1.29, 1.82) is 0 Å². The van der Waals surface area contributed by atoms with Crippen molar-refractivity contribution in [3.63, 3.8) is 0 Å². The third kappa shape index (κ3) is 5.68. The Kier molecular flexibility index (Phi) is 7.66. The molecule has 148 valence electrons. The van der Waals surface area contributed by atoms with Gasteiger partial charge in [0.05, 0.1) is 11.0 Å². The number of carbonyl (C=O) groups excluding carboxylic acids is 1. The van der Waals surface area contributed by atoms with Crippen LogP contribution in [0.3, 0.4) is 0 Å². The SMILES string of the molecule is CCCC(=O)NCCCCCc1nc2ccccc2n1Cc1cccc(Br)c1. The highest BCUT2D eigenvalue weighted by Crippen LogP contribution is 2.21. The van der Waals surface area contributed by atoms with Crippen LogP contribution in [0.2, 0.25) is 0 Å². The van der Waals surface area contributed by atoms with Crippen molar-refractivity contribution in [2.75, 3.05) is 6.54 Å². The lowest BCUT2D eigenvalue weighted by Gasteiger charge is -2.10. The number of unbranched alkanes of at least 4 members (excludes halogenated alkanes) is 2. The fraction of sp³-hybridized carbons (Fsp3) is 0.391. The number of aryl methyl sites for hydroxylation is 1. The Hall–Kier alpha value is -2.14. The van der Waals surface area contributed by atoms with Crippen LogP contribution in [0, 0.1) is 0 Å². The number of halogens is 1. The number of fused-ring (bicyclic) bond motifs is 1.